The van der Waals surface area contributed by atoms with E-state index < -0.39 is 55.7 Å². The van der Waals surface area contributed by atoms with Crippen molar-refractivity contribution in [3.05, 3.63) is 176 Å². The second-order valence-corrected chi connectivity index (χ2v) is 18.5. The Morgan fingerprint density at radius 3 is 1.71 bits per heavy atom. The molecule has 7 rings (SSSR count). The molecule has 2 aromatic rings. The van der Waals surface area contributed by atoms with E-state index in [2.05, 4.69) is 28.0 Å². The van der Waals surface area contributed by atoms with E-state index in [1.165, 1.54) is 48.5 Å². The molecule has 0 radical (unpaired) electrons. The van der Waals surface area contributed by atoms with Gasteiger partial charge in [0.1, 0.15) is 5.60 Å². The number of hydroxylamine groups is 1. The largest absolute Gasteiger partial charge is 1.00 e. The first kappa shape index (κ1) is 62.1. The number of amides is 2. The van der Waals surface area contributed by atoms with Gasteiger partial charge in [0.05, 0.1) is 70.6 Å². The number of hydrogen-bond donors (Lipinski definition) is 9. The standard InChI is InChI=1S/C54H59B2N7O12.2Na/c1-7-36-29(3)40-25-41-30(4)37(17-19-50(64)62-47(52(66)67)23-32-9-13-34(14-10-32)55(71)72)43(58-41)27-44-38(18-20-51(65)63-48(53(68)69)24-33-11-15-35(16-12-33)56(73)74)31(5)42(59-44)26-46-39(21-22-57-75-8-2)54(6,70)49(61-46)28-45(36)60-40;;/h7,9-16,21-22,25-28,47-48,57,61,70-74H,1,8,17-20,23-24H2,2-6H3,(H,62,64)(H,63,65)(H,66,67)(H,68,69);;/q;2*+1/p-2/b22-21+,40-25?,42-26?,43-27?,49-28?;;/i55-1,56-1;;. The maximum absolute atomic E-state index is 13.7. The molecule has 0 saturated heterocycles. The number of carboxylic acids is 2. The average molecular weight is 1060 g/mol. The first-order valence-corrected chi connectivity index (χ1v) is 24.3. The van der Waals surface area contributed by atoms with Crippen molar-refractivity contribution in [3.8, 4) is 0 Å². The molecule has 19 nitrogen and oxygen atoms in total. The second-order valence-electron chi connectivity index (χ2n) is 18.5. The van der Waals surface area contributed by atoms with Crippen LogP contribution in [0.1, 0.15) is 71.4 Å². The summed E-state index contributed by atoms with van der Waals surface area (Å²) >= 11 is 0. The van der Waals surface area contributed by atoms with Crippen LogP contribution in [0.4, 0.5) is 0 Å². The Morgan fingerprint density at radius 1 is 0.714 bits per heavy atom. The van der Waals surface area contributed by atoms with E-state index in [9.17, 15) is 54.6 Å². The van der Waals surface area contributed by atoms with E-state index in [4.69, 9.17) is 19.8 Å². The summed E-state index contributed by atoms with van der Waals surface area (Å²) in [5, 5.41) is 83.3. The van der Waals surface area contributed by atoms with Crippen molar-refractivity contribution in [1.82, 2.24) is 21.4 Å². The Hall–Kier alpha value is -5.78. The van der Waals surface area contributed by atoms with Crippen molar-refractivity contribution >= 4 is 66.1 Å². The Bertz CT molecular complexity index is 3090. The van der Waals surface area contributed by atoms with Gasteiger partial charge in [-0.1, -0.05) is 61.2 Å². The van der Waals surface area contributed by atoms with Crippen LogP contribution in [0.25, 0.3) is 0 Å². The van der Waals surface area contributed by atoms with Crippen molar-refractivity contribution in [2.75, 3.05) is 6.61 Å². The zero-order chi connectivity index (χ0) is 54.3. The summed E-state index contributed by atoms with van der Waals surface area (Å²) in [6.45, 7) is 13.4. The number of rotatable bonds is 21. The summed E-state index contributed by atoms with van der Waals surface area (Å²) in [6, 6.07) is 9.05. The minimum atomic E-state index is -1.71. The number of carbonyl (C=O) groups is 4. The van der Waals surface area contributed by atoms with Crippen LogP contribution in [-0.2, 0) is 36.9 Å². The molecule has 5 heterocycles. The number of aliphatic carboxylic acids is 2. The van der Waals surface area contributed by atoms with Crippen LogP contribution in [0.2, 0.25) is 0 Å². The number of carboxylic acid groups (broad SMARTS) is 2. The zero-order valence-corrected chi connectivity index (χ0v) is 48.1. The van der Waals surface area contributed by atoms with Gasteiger partial charge in [-0.3, -0.25) is 19.9 Å². The summed E-state index contributed by atoms with van der Waals surface area (Å²) in [5.74, 6) is -4.20. The van der Waals surface area contributed by atoms with Crippen molar-refractivity contribution in [3.63, 3.8) is 0 Å². The van der Waals surface area contributed by atoms with Crippen LogP contribution in [-0.4, -0.2) is 105 Å². The summed E-state index contributed by atoms with van der Waals surface area (Å²) < 4.78 is 0. The van der Waals surface area contributed by atoms with E-state index in [0.29, 0.717) is 91.2 Å². The van der Waals surface area contributed by atoms with E-state index in [-0.39, 0.29) is 109 Å². The molecule has 5 aliphatic rings. The molecule has 0 aromatic heterocycles. The molecular weight excluding hydrogens is 1000 g/mol. The molecule has 2 amide bonds. The molecule has 5 aliphatic heterocycles. The van der Waals surface area contributed by atoms with Gasteiger partial charge < -0.3 is 61.0 Å². The van der Waals surface area contributed by atoms with Crippen molar-refractivity contribution in [2.45, 2.75) is 90.8 Å². The van der Waals surface area contributed by atoms with Crippen LogP contribution in [0.3, 0.4) is 0 Å². The smallest absolute Gasteiger partial charge is 0.548 e. The van der Waals surface area contributed by atoms with Gasteiger partial charge >= 0.3 is 73.4 Å². The molecule has 3 atom stereocenters. The summed E-state index contributed by atoms with van der Waals surface area (Å²) in [7, 11) is -3.42. The Labute approximate surface area is 491 Å². The summed E-state index contributed by atoms with van der Waals surface area (Å²) in [4.78, 5) is 72.3. The van der Waals surface area contributed by atoms with E-state index in [1.807, 2.05) is 33.8 Å². The SMILES string of the molecule is C=CC1=C(C)C2=CC3=NC(=CC4=NC(=CC5=C(/C=C/NOCC)C(C)(O)C(=CC1=N2)N5)C(C)=C4CCC(=O)NC(Cc1ccc([10B](O)O)cc1)C(=O)[O-])C(CCC(=O)NC(Cc1ccc([10B](O)O)cc1)C(=O)[O-])=C3C.[Na+].[Na+]. The van der Waals surface area contributed by atoms with E-state index >= 15 is 0 Å². The fourth-order valence-corrected chi connectivity index (χ4v) is 9.10. The molecular formula is C54H57B2N7Na2O12. The van der Waals surface area contributed by atoms with Crippen molar-refractivity contribution in [2.24, 2.45) is 15.0 Å². The van der Waals surface area contributed by atoms with Gasteiger partial charge in [-0.2, -0.15) is 0 Å². The molecule has 9 N–H and O–H groups in total. The zero-order valence-electron chi connectivity index (χ0n) is 44.1. The number of nitrogens with one attached hydrogen (secondary N) is 4. The van der Waals surface area contributed by atoms with Crippen molar-refractivity contribution < 1.29 is 119 Å². The molecule has 0 aliphatic carbocycles. The monoisotopic (exact) mass is 1060 g/mol. The first-order valence-electron chi connectivity index (χ1n) is 24.3. The predicted octanol–water partition coefficient (Wildman–Crippen LogP) is -6.42. The van der Waals surface area contributed by atoms with Gasteiger partial charge in [-0.25, -0.2) is 15.0 Å². The topological polar surface area (TPSA) is 310 Å². The van der Waals surface area contributed by atoms with E-state index in [1.54, 1.807) is 43.5 Å². The Morgan fingerprint density at radius 2 is 1.21 bits per heavy atom. The number of nitrogens with zero attached hydrogens (tertiary/aromatic N) is 3. The van der Waals surface area contributed by atoms with Crippen LogP contribution in [0, 0.1) is 0 Å². The van der Waals surface area contributed by atoms with Gasteiger partial charge in [0.25, 0.3) is 0 Å². The quantitative estimate of drug-likeness (QED) is 0.0320. The molecule has 8 bridgehead atoms. The van der Waals surface area contributed by atoms with Gasteiger partial charge in [0, 0.05) is 35.9 Å². The first-order chi connectivity index (χ1) is 35.7. The minimum Gasteiger partial charge on any atom is -0.548 e. The molecule has 0 fully saturated rings. The number of aliphatic hydroxyl groups is 1. The third kappa shape index (κ3) is 14.9. The molecule has 77 heavy (non-hydrogen) atoms. The third-order valence-corrected chi connectivity index (χ3v) is 13.4. The fourth-order valence-electron chi connectivity index (χ4n) is 9.10. The second kappa shape index (κ2) is 27.2. The number of fused-ring (bicyclic) bond motifs is 5. The van der Waals surface area contributed by atoms with Gasteiger partial charge in [0.2, 0.25) is 11.8 Å². The molecule has 2 aromatic carbocycles. The summed E-state index contributed by atoms with van der Waals surface area (Å²) in [5.41, 5.74) is 10.9. The normalized spacial score (nSPS) is 18.4. The fraction of sp³-hybridized carbons (Fsp3) is 0.278. The van der Waals surface area contributed by atoms with Crippen molar-refractivity contribution in [1.29, 1.82) is 0 Å². The third-order valence-electron chi connectivity index (χ3n) is 13.4. The Kier molecular flexibility index (Phi) is 21.9. The van der Waals surface area contributed by atoms with Crippen LogP contribution >= 0.6 is 0 Å². The molecule has 0 saturated carbocycles. The number of hydrogen-bond acceptors (Lipinski definition) is 17. The maximum Gasteiger partial charge on any atom is 1.00 e. The number of aliphatic imine (C=N–C) groups is 3. The number of benzene rings is 2. The van der Waals surface area contributed by atoms with Gasteiger partial charge in [-0.05, 0) is 141 Å². The molecule has 3 unspecified atom stereocenters. The Balaban J connectivity index is 0.00000547. The van der Waals surface area contributed by atoms with Crippen LogP contribution in [0.5, 0.6) is 0 Å². The summed E-state index contributed by atoms with van der Waals surface area (Å²) in [6.07, 6.45) is 11.5. The number of carbonyl (C=O) groups excluding carboxylic acids is 4. The van der Waals surface area contributed by atoms with Crippen LogP contribution in [0.15, 0.2) is 180 Å². The molecule has 388 valence electrons. The molecule has 0 spiro atoms. The maximum atomic E-state index is 13.7. The van der Waals surface area contributed by atoms with Crippen LogP contribution < -0.4 is 102 Å². The molecule has 23 heteroatoms. The minimum absolute atomic E-state index is 0. The predicted molar refractivity (Wildman–Crippen MR) is 280 cm³/mol. The average Bonchev–Trinajstić information content (AvgIpc) is 4.01. The van der Waals surface area contributed by atoms with E-state index in [0.717, 1.165) is 11.1 Å². The van der Waals surface area contributed by atoms with Gasteiger partial charge in [-0.15, -0.1) is 0 Å². The number of allylic oxidation sites excluding steroid dienone is 11. The van der Waals surface area contributed by atoms with Gasteiger partial charge in [0.15, 0.2) is 0 Å².